The summed E-state index contributed by atoms with van der Waals surface area (Å²) in [4.78, 5) is 36.1. The summed E-state index contributed by atoms with van der Waals surface area (Å²) in [5, 5.41) is 5.88. The number of ether oxygens (including phenoxy) is 4. The molecule has 14 nitrogen and oxygen atoms in total. The van der Waals surface area contributed by atoms with E-state index in [1.165, 1.54) is 0 Å². The van der Waals surface area contributed by atoms with E-state index in [0.29, 0.717) is 71.6 Å². The molecule has 0 saturated carbocycles. The molecule has 0 spiro atoms. The Bertz CT molecular complexity index is 3440. The SMILES string of the molecule is CCCCOCCOc1ccc(-c2cccc(/C(C)=C/C(=O)Nc3ccc([S@@+]([O-])Cc4cncn4CC(C)CCCCOCCOc4ccc(-c5cccc(/C(C)=C/C(=O)Nc6ccc([S@+]([O-])Cc7cncn7CCC)cc6)c5)cc4)cc3)c2)cc1. The monoisotopic (exact) mass is 1200 g/mol. The fourth-order valence-electron chi connectivity index (χ4n) is 9.66. The van der Waals surface area contributed by atoms with Crippen molar-refractivity contribution in [2.75, 3.05) is 50.3 Å². The first-order chi connectivity index (χ1) is 41.9. The number of carbonyl (C=O) groups excluding carboxylic acids is 2. The van der Waals surface area contributed by atoms with E-state index in [0.717, 1.165) is 126 Å². The summed E-state index contributed by atoms with van der Waals surface area (Å²) in [6.45, 7) is 15.3. The van der Waals surface area contributed by atoms with E-state index in [1.54, 1.807) is 79.4 Å². The Balaban J connectivity index is 0.689. The number of hydrogen-bond donors (Lipinski definition) is 2. The third kappa shape index (κ3) is 20.2. The van der Waals surface area contributed by atoms with Crippen LogP contribution in [-0.4, -0.2) is 79.7 Å². The molecular formula is C70H80N6O8S2. The first-order valence-electron chi connectivity index (χ1n) is 29.7. The second kappa shape index (κ2) is 33.9. The van der Waals surface area contributed by atoms with Gasteiger partial charge in [0.15, 0.2) is 21.3 Å². The lowest BCUT2D eigenvalue weighted by molar-refractivity contribution is -0.112. The number of hydrogen-bond acceptors (Lipinski definition) is 10. The highest BCUT2D eigenvalue weighted by atomic mass is 32.2. The molecule has 1 unspecified atom stereocenters. The standard InChI is InChI=1S/C70H80N6O8S2/c1-6-8-35-81-37-39-83-65-26-18-55(19-27-65)59-16-11-14-57(43-59)54(5)42-70(78)74-62-24-32-68(33-25-62)86(80)49-64-46-72-51-76(64)47-52(3)13-9-10-36-82-38-40-84-66-28-20-56(21-29-66)60-17-12-15-58(44-60)53(4)41-69(77)73-61-22-30-67(31-23-61)85(79)48-63-45-71-50-75(63)34-7-2/h11-12,14-33,41-46,50-52H,6-10,13,34-40,47-49H2,1-5H3,(H,73,77)(H,74,78)/b53-41+,54-42+/t52?,85-,86+/m1/s1. The van der Waals surface area contributed by atoms with Crippen LogP contribution in [0.3, 0.4) is 0 Å². The van der Waals surface area contributed by atoms with Gasteiger partial charge in [0, 0.05) is 49.8 Å². The molecule has 3 atom stereocenters. The summed E-state index contributed by atoms with van der Waals surface area (Å²) in [6.07, 6.45) is 16.5. The number of nitrogens with zero attached hydrogens (tertiary/aromatic N) is 4. The van der Waals surface area contributed by atoms with Crippen LogP contribution >= 0.6 is 0 Å². The molecule has 0 aliphatic rings. The third-order valence-corrected chi connectivity index (χ3v) is 17.2. The molecule has 16 heteroatoms. The molecule has 0 aliphatic heterocycles. The highest BCUT2D eigenvalue weighted by Gasteiger charge is 2.19. The Labute approximate surface area is 513 Å². The Morgan fingerprint density at radius 2 is 1.01 bits per heavy atom. The van der Waals surface area contributed by atoms with Gasteiger partial charge in [-0.15, -0.1) is 0 Å². The topological polar surface area (TPSA) is 177 Å². The number of aryl methyl sites for hydroxylation is 1. The maximum atomic E-state index is 13.5. The van der Waals surface area contributed by atoms with Gasteiger partial charge >= 0.3 is 0 Å². The minimum absolute atomic E-state index is 0.245. The second-order valence-electron chi connectivity index (χ2n) is 21.4. The molecule has 86 heavy (non-hydrogen) atoms. The van der Waals surface area contributed by atoms with Gasteiger partial charge in [-0.2, -0.15) is 0 Å². The largest absolute Gasteiger partial charge is 0.611 e. The zero-order valence-corrected chi connectivity index (χ0v) is 51.7. The molecule has 0 aliphatic carbocycles. The van der Waals surface area contributed by atoms with Crippen LogP contribution in [0.2, 0.25) is 0 Å². The molecule has 2 heterocycles. The van der Waals surface area contributed by atoms with Gasteiger partial charge in [0.1, 0.15) is 24.7 Å². The molecule has 0 saturated heterocycles. The average molecular weight is 1200 g/mol. The Kier molecular flexibility index (Phi) is 25.3. The quantitative estimate of drug-likeness (QED) is 0.0224. The van der Waals surface area contributed by atoms with Gasteiger partial charge in [-0.1, -0.05) is 94.3 Å². The van der Waals surface area contributed by atoms with Crippen LogP contribution in [0.5, 0.6) is 11.5 Å². The summed E-state index contributed by atoms with van der Waals surface area (Å²) in [7, 11) is 0. The van der Waals surface area contributed by atoms with Crippen molar-refractivity contribution in [2.45, 2.75) is 108 Å². The lowest BCUT2D eigenvalue weighted by Gasteiger charge is -2.16. The van der Waals surface area contributed by atoms with Gasteiger partial charge in [-0.25, -0.2) is 9.97 Å². The molecule has 2 aromatic heterocycles. The van der Waals surface area contributed by atoms with Crippen molar-refractivity contribution in [1.82, 2.24) is 19.1 Å². The van der Waals surface area contributed by atoms with E-state index < -0.39 is 22.4 Å². The van der Waals surface area contributed by atoms with Gasteiger partial charge < -0.3 is 47.8 Å². The van der Waals surface area contributed by atoms with Gasteiger partial charge in [-0.05, 0) is 197 Å². The van der Waals surface area contributed by atoms with Crippen LogP contribution in [-0.2, 0) is 66.0 Å². The molecule has 2 amide bonds. The Morgan fingerprint density at radius 1 is 0.547 bits per heavy atom. The highest BCUT2D eigenvalue weighted by molar-refractivity contribution is 7.91. The van der Waals surface area contributed by atoms with Crippen molar-refractivity contribution in [2.24, 2.45) is 5.92 Å². The summed E-state index contributed by atoms with van der Waals surface area (Å²) in [6, 6.07) is 46.5. The number of unbranched alkanes of at least 4 members (excludes halogenated alkanes) is 2. The number of anilines is 2. The average Bonchev–Trinajstić information content (AvgIpc) is 3.98. The normalized spacial score (nSPS) is 12.8. The molecule has 450 valence electrons. The molecule has 6 aromatic carbocycles. The van der Waals surface area contributed by atoms with E-state index in [2.05, 4.69) is 64.1 Å². The number of benzene rings is 6. The molecule has 8 aromatic rings. The van der Waals surface area contributed by atoms with Crippen molar-refractivity contribution < 1.29 is 37.6 Å². The highest BCUT2D eigenvalue weighted by Crippen LogP contribution is 2.29. The zero-order chi connectivity index (χ0) is 60.5. The van der Waals surface area contributed by atoms with E-state index in [4.69, 9.17) is 18.9 Å². The maximum Gasteiger partial charge on any atom is 0.248 e. The molecule has 8 rings (SSSR count). The number of rotatable bonds is 34. The Hall–Kier alpha value is -7.70. The molecule has 0 bridgehead atoms. The number of allylic oxidation sites excluding steroid dienone is 2. The number of imidazole rings is 2. The molecule has 0 radical (unpaired) electrons. The fraction of sp³-hybridized carbons (Fsp3) is 0.314. The summed E-state index contributed by atoms with van der Waals surface area (Å²) >= 11 is -2.54. The van der Waals surface area contributed by atoms with Crippen molar-refractivity contribution in [3.8, 4) is 33.8 Å². The van der Waals surface area contributed by atoms with Gasteiger partial charge in [0.2, 0.25) is 11.8 Å². The number of nitrogens with one attached hydrogen (secondary N) is 2. The smallest absolute Gasteiger partial charge is 0.248 e. The van der Waals surface area contributed by atoms with Crippen LogP contribution in [0, 0.1) is 5.92 Å². The fourth-order valence-corrected chi connectivity index (χ4v) is 11.9. The summed E-state index contributed by atoms with van der Waals surface area (Å²) in [5.74, 6) is 2.18. The lowest BCUT2D eigenvalue weighted by Crippen LogP contribution is -2.14. The number of amides is 2. The Morgan fingerprint density at radius 3 is 1.49 bits per heavy atom. The van der Waals surface area contributed by atoms with Crippen LogP contribution in [0.4, 0.5) is 11.4 Å². The third-order valence-electron chi connectivity index (χ3n) is 14.5. The first-order valence-corrected chi connectivity index (χ1v) is 32.3. The number of carbonyl (C=O) groups is 2. The van der Waals surface area contributed by atoms with Crippen molar-refractivity contribution in [1.29, 1.82) is 0 Å². The van der Waals surface area contributed by atoms with Crippen LogP contribution in [0.15, 0.2) is 193 Å². The number of aromatic nitrogens is 4. The lowest BCUT2D eigenvalue weighted by atomic mass is 9.99. The maximum absolute atomic E-state index is 13.5. The van der Waals surface area contributed by atoms with E-state index in [9.17, 15) is 18.7 Å². The molecular weight excluding hydrogens is 1120 g/mol. The molecule has 2 N–H and O–H groups in total. The summed E-state index contributed by atoms with van der Waals surface area (Å²) in [5.41, 5.74) is 10.8. The van der Waals surface area contributed by atoms with Crippen LogP contribution in [0.25, 0.3) is 33.4 Å². The first kappa shape index (κ1) is 64.3. The van der Waals surface area contributed by atoms with Crippen LogP contribution < -0.4 is 20.1 Å². The predicted octanol–water partition coefficient (Wildman–Crippen LogP) is 14.6. The summed E-state index contributed by atoms with van der Waals surface area (Å²) < 4.78 is 54.1. The van der Waals surface area contributed by atoms with E-state index >= 15 is 0 Å². The molecule has 0 fully saturated rings. The van der Waals surface area contributed by atoms with Crippen LogP contribution in [0.1, 0.15) is 95.7 Å². The second-order valence-corrected chi connectivity index (χ2v) is 24.3. The minimum Gasteiger partial charge on any atom is -0.611 e. The predicted molar refractivity (Wildman–Crippen MR) is 347 cm³/mol. The van der Waals surface area contributed by atoms with Crippen molar-refractivity contribution >= 4 is 56.7 Å². The van der Waals surface area contributed by atoms with Crippen molar-refractivity contribution in [3.63, 3.8) is 0 Å². The van der Waals surface area contributed by atoms with E-state index in [1.807, 2.05) is 104 Å². The van der Waals surface area contributed by atoms with Gasteiger partial charge in [-0.3, -0.25) is 9.59 Å². The van der Waals surface area contributed by atoms with Gasteiger partial charge in [0.05, 0.1) is 49.6 Å². The van der Waals surface area contributed by atoms with E-state index in [-0.39, 0.29) is 11.8 Å². The van der Waals surface area contributed by atoms with Gasteiger partial charge in [0.25, 0.3) is 0 Å². The van der Waals surface area contributed by atoms with Crippen molar-refractivity contribution in [3.05, 3.63) is 205 Å². The minimum atomic E-state index is -1.30. The zero-order valence-electron chi connectivity index (χ0n) is 50.1.